The zero-order chi connectivity index (χ0) is 17.0. The highest BCUT2D eigenvalue weighted by molar-refractivity contribution is 7.09. The molecule has 0 atom stereocenters. The van der Waals surface area contributed by atoms with Gasteiger partial charge in [0.15, 0.2) is 0 Å². The molecule has 1 aromatic carbocycles. The molecule has 1 aliphatic rings. The highest BCUT2D eigenvalue weighted by Crippen LogP contribution is 2.41. The lowest BCUT2D eigenvalue weighted by Crippen LogP contribution is -2.39. The van der Waals surface area contributed by atoms with Crippen molar-refractivity contribution in [2.24, 2.45) is 5.73 Å². The van der Waals surface area contributed by atoms with Gasteiger partial charge in [0, 0.05) is 23.9 Å². The third kappa shape index (κ3) is 3.44. The van der Waals surface area contributed by atoms with Crippen molar-refractivity contribution in [2.45, 2.75) is 37.6 Å². The second kappa shape index (κ2) is 7.32. The molecule has 0 bridgehead atoms. The van der Waals surface area contributed by atoms with Crippen LogP contribution in [0.2, 0.25) is 0 Å². The lowest BCUT2D eigenvalue weighted by atomic mass is 9.78. The van der Waals surface area contributed by atoms with Crippen LogP contribution in [0.3, 0.4) is 0 Å². The molecule has 1 fully saturated rings. The van der Waals surface area contributed by atoms with E-state index in [9.17, 15) is 4.79 Å². The molecule has 2 aromatic rings. The van der Waals surface area contributed by atoms with Crippen molar-refractivity contribution in [1.29, 1.82) is 0 Å². The van der Waals surface area contributed by atoms with E-state index in [2.05, 4.69) is 22.4 Å². The van der Waals surface area contributed by atoms with Crippen LogP contribution in [-0.4, -0.2) is 24.5 Å². The zero-order valence-electron chi connectivity index (χ0n) is 13.9. The predicted octanol–water partition coefficient (Wildman–Crippen LogP) is 2.85. The molecule has 5 nitrogen and oxygen atoms in total. The molecule has 0 unspecified atom stereocenters. The van der Waals surface area contributed by atoms with Gasteiger partial charge in [-0.05, 0) is 30.5 Å². The SMILES string of the molecule is COc1cccc(C2(CNC(=O)c3csc(CN)n3)CCCC2)c1. The number of nitrogens with zero attached hydrogens (tertiary/aromatic N) is 1. The van der Waals surface area contributed by atoms with Crippen LogP contribution >= 0.6 is 11.3 Å². The lowest BCUT2D eigenvalue weighted by molar-refractivity contribution is 0.0938. The number of hydrogen-bond acceptors (Lipinski definition) is 5. The average Bonchev–Trinajstić information content (AvgIpc) is 3.30. The van der Waals surface area contributed by atoms with Crippen LogP contribution in [0.1, 0.15) is 46.7 Å². The van der Waals surface area contributed by atoms with Gasteiger partial charge in [0.25, 0.3) is 5.91 Å². The first-order valence-electron chi connectivity index (χ1n) is 8.24. The fourth-order valence-electron chi connectivity index (χ4n) is 3.42. The summed E-state index contributed by atoms with van der Waals surface area (Å²) in [6.07, 6.45) is 4.51. The summed E-state index contributed by atoms with van der Waals surface area (Å²) < 4.78 is 5.36. The summed E-state index contributed by atoms with van der Waals surface area (Å²) >= 11 is 1.42. The first-order chi connectivity index (χ1) is 11.7. The van der Waals surface area contributed by atoms with Gasteiger partial charge in [0.2, 0.25) is 0 Å². The fraction of sp³-hybridized carbons (Fsp3) is 0.444. The van der Waals surface area contributed by atoms with Crippen LogP contribution in [0, 0.1) is 0 Å². The number of hydrogen-bond donors (Lipinski definition) is 2. The van der Waals surface area contributed by atoms with E-state index in [0.717, 1.165) is 23.6 Å². The molecule has 3 N–H and O–H groups in total. The van der Waals surface area contributed by atoms with Crippen molar-refractivity contribution in [3.8, 4) is 5.75 Å². The molecule has 1 saturated carbocycles. The minimum Gasteiger partial charge on any atom is -0.497 e. The maximum Gasteiger partial charge on any atom is 0.270 e. The number of nitrogens with two attached hydrogens (primary N) is 1. The average molecular weight is 345 g/mol. The monoisotopic (exact) mass is 345 g/mol. The van der Waals surface area contributed by atoms with Crippen molar-refractivity contribution in [3.05, 3.63) is 45.9 Å². The number of benzene rings is 1. The normalized spacial score (nSPS) is 16.1. The van der Waals surface area contributed by atoms with Crippen molar-refractivity contribution >= 4 is 17.2 Å². The molecule has 0 radical (unpaired) electrons. The Balaban J connectivity index is 1.75. The van der Waals surface area contributed by atoms with E-state index in [0.29, 0.717) is 18.8 Å². The Kier molecular flexibility index (Phi) is 5.16. The number of amides is 1. The third-order valence-corrected chi connectivity index (χ3v) is 5.66. The number of thiazole rings is 1. The van der Waals surface area contributed by atoms with E-state index in [1.54, 1.807) is 12.5 Å². The van der Waals surface area contributed by atoms with E-state index in [-0.39, 0.29) is 11.3 Å². The van der Waals surface area contributed by atoms with E-state index in [1.807, 2.05) is 12.1 Å². The Bertz CT molecular complexity index is 708. The highest BCUT2D eigenvalue weighted by Gasteiger charge is 2.36. The summed E-state index contributed by atoms with van der Waals surface area (Å²) in [6.45, 7) is 0.986. The standard InChI is InChI=1S/C18H23N3O2S/c1-23-14-6-4-5-13(9-14)18(7-2-3-8-18)12-20-17(22)15-11-24-16(10-19)21-15/h4-6,9,11H,2-3,7-8,10,12,19H2,1H3,(H,20,22). The molecular weight excluding hydrogens is 322 g/mol. The largest absolute Gasteiger partial charge is 0.497 e. The van der Waals surface area contributed by atoms with Gasteiger partial charge in [-0.15, -0.1) is 11.3 Å². The molecule has 3 rings (SSSR count). The van der Waals surface area contributed by atoms with Crippen LogP contribution in [0.15, 0.2) is 29.6 Å². The van der Waals surface area contributed by atoms with Gasteiger partial charge < -0.3 is 15.8 Å². The summed E-state index contributed by atoms with van der Waals surface area (Å²) in [5.41, 5.74) is 7.24. The highest BCUT2D eigenvalue weighted by atomic mass is 32.1. The van der Waals surface area contributed by atoms with Gasteiger partial charge >= 0.3 is 0 Å². The van der Waals surface area contributed by atoms with Crippen LogP contribution in [0.25, 0.3) is 0 Å². The molecule has 0 spiro atoms. The van der Waals surface area contributed by atoms with E-state index < -0.39 is 0 Å². The lowest BCUT2D eigenvalue weighted by Gasteiger charge is -2.30. The van der Waals surface area contributed by atoms with Crippen molar-refractivity contribution < 1.29 is 9.53 Å². The van der Waals surface area contributed by atoms with Crippen molar-refractivity contribution in [1.82, 2.24) is 10.3 Å². The number of ether oxygens (including phenoxy) is 1. The van der Waals surface area contributed by atoms with Crippen molar-refractivity contribution in [2.75, 3.05) is 13.7 Å². The molecule has 1 heterocycles. The summed E-state index contributed by atoms with van der Waals surface area (Å²) in [5.74, 6) is 0.734. The van der Waals surface area contributed by atoms with Crippen LogP contribution < -0.4 is 15.8 Å². The van der Waals surface area contributed by atoms with Crippen LogP contribution in [-0.2, 0) is 12.0 Å². The van der Waals surface area contributed by atoms with Gasteiger partial charge in [-0.3, -0.25) is 4.79 Å². The summed E-state index contributed by atoms with van der Waals surface area (Å²) in [5, 5.41) is 5.63. The summed E-state index contributed by atoms with van der Waals surface area (Å²) in [7, 11) is 1.68. The van der Waals surface area contributed by atoms with Gasteiger partial charge in [-0.25, -0.2) is 4.98 Å². The molecule has 24 heavy (non-hydrogen) atoms. The maximum absolute atomic E-state index is 12.4. The topological polar surface area (TPSA) is 77.2 Å². The van der Waals surface area contributed by atoms with E-state index in [1.165, 1.54) is 29.7 Å². The second-order valence-corrected chi connectivity index (χ2v) is 7.18. The Morgan fingerprint density at radius 3 is 2.88 bits per heavy atom. The number of nitrogens with one attached hydrogen (secondary N) is 1. The minimum atomic E-state index is -0.125. The zero-order valence-corrected chi connectivity index (χ0v) is 14.7. The quantitative estimate of drug-likeness (QED) is 0.844. The number of carbonyl (C=O) groups is 1. The number of aromatic nitrogens is 1. The Labute approximate surface area is 146 Å². The Morgan fingerprint density at radius 2 is 2.21 bits per heavy atom. The van der Waals surface area contributed by atoms with Gasteiger partial charge in [0.05, 0.1) is 7.11 Å². The summed E-state index contributed by atoms with van der Waals surface area (Å²) in [6, 6.07) is 8.20. The third-order valence-electron chi connectivity index (χ3n) is 4.79. The first-order valence-corrected chi connectivity index (χ1v) is 9.12. The molecule has 1 amide bonds. The molecule has 1 aliphatic carbocycles. The Morgan fingerprint density at radius 1 is 1.42 bits per heavy atom. The molecular formula is C18H23N3O2S. The van der Waals surface area contributed by atoms with Gasteiger partial charge in [-0.2, -0.15) is 0 Å². The smallest absolute Gasteiger partial charge is 0.270 e. The number of carbonyl (C=O) groups excluding carboxylic acids is 1. The molecule has 1 aromatic heterocycles. The molecule has 128 valence electrons. The molecule has 6 heteroatoms. The predicted molar refractivity (Wildman–Crippen MR) is 95.5 cm³/mol. The minimum absolute atomic E-state index is 0.0169. The van der Waals surface area contributed by atoms with Crippen LogP contribution in [0.5, 0.6) is 5.75 Å². The van der Waals surface area contributed by atoms with Crippen LogP contribution in [0.4, 0.5) is 0 Å². The number of methoxy groups -OCH3 is 1. The Hall–Kier alpha value is -1.92. The van der Waals surface area contributed by atoms with E-state index in [4.69, 9.17) is 10.5 Å². The number of rotatable bonds is 6. The van der Waals surface area contributed by atoms with Gasteiger partial charge in [0.1, 0.15) is 16.5 Å². The second-order valence-electron chi connectivity index (χ2n) is 6.23. The molecule has 0 saturated heterocycles. The van der Waals surface area contributed by atoms with Gasteiger partial charge in [-0.1, -0.05) is 25.0 Å². The maximum atomic E-state index is 12.4. The molecule has 0 aliphatic heterocycles. The summed E-state index contributed by atoms with van der Waals surface area (Å²) in [4.78, 5) is 16.7. The first kappa shape index (κ1) is 16.9. The fourth-order valence-corrected chi connectivity index (χ4v) is 4.08. The van der Waals surface area contributed by atoms with Crippen molar-refractivity contribution in [3.63, 3.8) is 0 Å². The van der Waals surface area contributed by atoms with E-state index >= 15 is 0 Å².